The minimum Gasteiger partial charge on any atom is -0.287 e. The number of carbonyl (C=O) groups is 1. The number of carbonyl (C=O) groups excluding carboxylic acids is 1. The summed E-state index contributed by atoms with van der Waals surface area (Å²) in [7, 11) is 0. The van der Waals surface area contributed by atoms with E-state index in [0.29, 0.717) is 4.88 Å². The van der Waals surface area contributed by atoms with Gasteiger partial charge < -0.3 is 0 Å². The first-order chi connectivity index (χ1) is 8.40. The Morgan fingerprint density at radius 1 is 1.17 bits per heavy atom. The maximum absolute atomic E-state index is 13.7. The van der Waals surface area contributed by atoms with E-state index in [2.05, 4.69) is 15.9 Å². The Hall–Kier alpha value is -1.07. The average Bonchev–Trinajstić information content (AvgIpc) is 2.56. The zero-order chi connectivity index (χ0) is 13.4. The predicted molar refractivity (Wildman–Crippen MR) is 71.3 cm³/mol. The number of thiophene rings is 1. The Bertz CT molecular complexity index is 611. The van der Waals surface area contributed by atoms with E-state index in [1.54, 1.807) is 6.92 Å². The van der Waals surface area contributed by atoms with Crippen molar-refractivity contribution in [3.05, 3.63) is 55.2 Å². The van der Waals surface area contributed by atoms with E-state index in [0.717, 1.165) is 22.6 Å². The highest BCUT2D eigenvalue weighted by Crippen LogP contribution is 2.27. The maximum Gasteiger partial charge on any atom is 0.209 e. The van der Waals surface area contributed by atoms with Gasteiger partial charge in [0.15, 0.2) is 0 Å². The molecular formula is C13H9BrF2OS. The molecule has 0 unspecified atom stereocenters. The molecule has 0 fully saturated rings. The summed E-state index contributed by atoms with van der Waals surface area (Å²) in [6, 6.07) is 4.00. The van der Waals surface area contributed by atoms with Gasteiger partial charge >= 0.3 is 0 Å². The van der Waals surface area contributed by atoms with Crippen LogP contribution in [0.4, 0.5) is 8.78 Å². The van der Waals surface area contributed by atoms with E-state index < -0.39 is 23.0 Å². The van der Waals surface area contributed by atoms with Crippen molar-refractivity contribution in [3.63, 3.8) is 0 Å². The predicted octanol–water partition coefficient (Wildman–Crippen LogP) is 4.64. The van der Waals surface area contributed by atoms with Crippen molar-refractivity contribution in [2.24, 2.45) is 0 Å². The third-order valence-electron chi connectivity index (χ3n) is 2.48. The van der Waals surface area contributed by atoms with Crippen molar-refractivity contribution in [1.29, 1.82) is 0 Å². The molecule has 0 saturated carbocycles. The summed E-state index contributed by atoms with van der Waals surface area (Å²) in [5.41, 5.74) is 0.243. The van der Waals surface area contributed by atoms with Crippen molar-refractivity contribution in [2.45, 2.75) is 13.8 Å². The fourth-order valence-corrected chi connectivity index (χ4v) is 3.11. The van der Waals surface area contributed by atoms with Crippen molar-refractivity contribution in [2.75, 3.05) is 0 Å². The molecule has 1 heterocycles. The number of rotatable bonds is 2. The van der Waals surface area contributed by atoms with E-state index in [1.807, 2.05) is 13.0 Å². The molecule has 1 aromatic heterocycles. The van der Waals surface area contributed by atoms with Crippen molar-refractivity contribution in [1.82, 2.24) is 0 Å². The Morgan fingerprint density at radius 2 is 1.72 bits per heavy atom. The zero-order valence-corrected chi connectivity index (χ0v) is 12.1. The fraction of sp³-hybridized carbons (Fsp3) is 0.154. The first kappa shape index (κ1) is 13.4. The van der Waals surface area contributed by atoms with Crippen LogP contribution in [-0.2, 0) is 0 Å². The van der Waals surface area contributed by atoms with Gasteiger partial charge in [0.1, 0.15) is 11.6 Å². The maximum atomic E-state index is 13.7. The molecule has 2 aromatic rings. The Kier molecular flexibility index (Phi) is 3.64. The smallest absolute Gasteiger partial charge is 0.209 e. The average molecular weight is 331 g/mol. The van der Waals surface area contributed by atoms with Crippen molar-refractivity contribution in [3.8, 4) is 0 Å². The van der Waals surface area contributed by atoms with E-state index in [-0.39, 0.29) is 4.47 Å². The Labute approximate surface area is 116 Å². The number of hydrogen-bond donors (Lipinski definition) is 0. The third-order valence-corrected chi connectivity index (χ3v) is 4.09. The van der Waals surface area contributed by atoms with Gasteiger partial charge in [-0.3, -0.25) is 4.79 Å². The number of aryl methyl sites for hydroxylation is 2. The van der Waals surface area contributed by atoms with Crippen LogP contribution in [-0.4, -0.2) is 5.78 Å². The van der Waals surface area contributed by atoms with Crippen LogP contribution in [0.1, 0.15) is 25.7 Å². The lowest BCUT2D eigenvalue weighted by atomic mass is 10.1. The molecule has 0 aliphatic carbocycles. The van der Waals surface area contributed by atoms with Gasteiger partial charge in [-0.2, -0.15) is 0 Å². The van der Waals surface area contributed by atoms with E-state index in [1.165, 1.54) is 11.3 Å². The first-order valence-electron chi connectivity index (χ1n) is 5.16. The van der Waals surface area contributed by atoms with Crippen LogP contribution in [0.15, 0.2) is 22.7 Å². The molecule has 0 bridgehead atoms. The summed E-state index contributed by atoms with van der Waals surface area (Å²) in [5, 5.41) is 0. The lowest BCUT2D eigenvalue weighted by Crippen LogP contribution is -2.07. The van der Waals surface area contributed by atoms with Crippen LogP contribution in [0, 0.1) is 25.5 Å². The van der Waals surface area contributed by atoms with Gasteiger partial charge in [-0.15, -0.1) is 11.3 Å². The molecule has 0 aliphatic heterocycles. The van der Waals surface area contributed by atoms with Crippen LogP contribution < -0.4 is 0 Å². The van der Waals surface area contributed by atoms with Gasteiger partial charge in [-0.25, -0.2) is 8.78 Å². The summed E-state index contributed by atoms with van der Waals surface area (Å²) in [4.78, 5) is 13.5. The van der Waals surface area contributed by atoms with Crippen LogP contribution in [0.5, 0.6) is 0 Å². The normalized spacial score (nSPS) is 10.7. The van der Waals surface area contributed by atoms with Gasteiger partial charge in [-0.05, 0) is 37.6 Å². The second-order valence-electron chi connectivity index (χ2n) is 3.94. The summed E-state index contributed by atoms with van der Waals surface area (Å²) in [6.07, 6.45) is 0. The zero-order valence-electron chi connectivity index (χ0n) is 9.68. The number of benzene rings is 1. The van der Waals surface area contributed by atoms with Crippen LogP contribution >= 0.6 is 27.3 Å². The topological polar surface area (TPSA) is 17.1 Å². The fourth-order valence-electron chi connectivity index (χ4n) is 1.74. The molecule has 0 N–H and O–H groups in total. The molecule has 0 atom stereocenters. The van der Waals surface area contributed by atoms with Gasteiger partial charge in [-0.1, -0.05) is 15.9 Å². The molecule has 2 rings (SSSR count). The number of hydrogen-bond acceptors (Lipinski definition) is 2. The summed E-state index contributed by atoms with van der Waals surface area (Å²) in [5.74, 6) is -2.30. The Balaban J connectivity index is 2.56. The van der Waals surface area contributed by atoms with Gasteiger partial charge in [0.05, 0.1) is 10.4 Å². The molecule has 94 valence electrons. The molecule has 5 heteroatoms. The monoisotopic (exact) mass is 330 g/mol. The van der Waals surface area contributed by atoms with Crippen LogP contribution in [0.2, 0.25) is 0 Å². The summed E-state index contributed by atoms with van der Waals surface area (Å²) >= 11 is 4.23. The van der Waals surface area contributed by atoms with Crippen LogP contribution in [0.25, 0.3) is 0 Å². The molecule has 18 heavy (non-hydrogen) atoms. The third kappa shape index (κ3) is 2.37. The lowest BCUT2D eigenvalue weighted by molar-refractivity contribution is 0.103. The van der Waals surface area contributed by atoms with Gasteiger partial charge in [0.2, 0.25) is 5.78 Å². The first-order valence-corrected chi connectivity index (χ1v) is 6.77. The van der Waals surface area contributed by atoms with E-state index >= 15 is 0 Å². The standard InChI is InChI=1S/C13H9BrF2OS/c1-6-3-7(2)18-13(6)12(17)11-9(15)4-8(14)5-10(11)16/h3-5H,1-2H3. The second kappa shape index (κ2) is 4.90. The highest BCUT2D eigenvalue weighted by molar-refractivity contribution is 9.10. The molecule has 0 aliphatic rings. The molecule has 0 radical (unpaired) electrons. The number of ketones is 1. The molecule has 0 amide bonds. The molecule has 0 spiro atoms. The summed E-state index contributed by atoms with van der Waals surface area (Å²) in [6.45, 7) is 3.61. The van der Waals surface area contributed by atoms with Crippen molar-refractivity contribution < 1.29 is 13.6 Å². The molecular weight excluding hydrogens is 322 g/mol. The highest BCUT2D eigenvalue weighted by Gasteiger charge is 2.22. The quantitative estimate of drug-likeness (QED) is 0.733. The SMILES string of the molecule is Cc1cc(C)c(C(=O)c2c(F)cc(Br)cc2F)s1. The second-order valence-corrected chi connectivity index (χ2v) is 6.11. The minimum atomic E-state index is -0.850. The van der Waals surface area contributed by atoms with Gasteiger partial charge in [0, 0.05) is 9.35 Å². The molecule has 0 saturated heterocycles. The van der Waals surface area contributed by atoms with E-state index in [4.69, 9.17) is 0 Å². The van der Waals surface area contributed by atoms with Crippen molar-refractivity contribution >= 4 is 33.0 Å². The summed E-state index contributed by atoms with van der Waals surface area (Å²) < 4.78 is 27.7. The Morgan fingerprint density at radius 3 is 2.17 bits per heavy atom. The molecule has 1 aromatic carbocycles. The largest absolute Gasteiger partial charge is 0.287 e. The highest BCUT2D eigenvalue weighted by atomic mass is 79.9. The van der Waals surface area contributed by atoms with Gasteiger partial charge in [0.25, 0.3) is 0 Å². The molecule has 1 nitrogen and oxygen atoms in total. The lowest BCUT2D eigenvalue weighted by Gasteiger charge is -2.04. The van der Waals surface area contributed by atoms with E-state index in [9.17, 15) is 13.6 Å². The minimum absolute atomic E-state index is 0.271. The number of halogens is 3. The van der Waals surface area contributed by atoms with Crippen LogP contribution in [0.3, 0.4) is 0 Å².